The minimum absolute atomic E-state index is 0.0255. The highest BCUT2D eigenvalue weighted by molar-refractivity contribution is 5.79. The third-order valence-corrected chi connectivity index (χ3v) is 5.57. The van der Waals surface area contributed by atoms with E-state index in [1.54, 1.807) is 12.1 Å². The van der Waals surface area contributed by atoms with Gasteiger partial charge in [0.1, 0.15) is 5.82 Å². The molecule has 33 heavy (non-hydrogen) atoms. The number of aromatic amines is 1. The van der Waals surface area contributed by atoms with E-state index >= 15 is 0 Å². The fourth-order valence-corrected chi connectivity index (χ4v) is 4.01. The smallest absolute Gasteiger partial charge is 0.224 e. The lowest BCUT2D eigenvalue weighted by molar-refractivity contribution is -0.121. The largest absolute Gasteiger partial charge is 0.490 e. The summed E-state index contributed by atoms with van der Waals surface area (Å²) >= 11 is 0. The van der Waals surface area contributed by atoms with E-state index in [0.717, 1.165) is 35.6 Å². The third-order valence-electron chi connectivity index (χ3n) is 5.57. The summed E-state index contributed by atoms with van der Waals surface area (Å²) in [5.74, 6) is 1.87. The van der Waals surface area contributed by atoms with Gasteiger partial charge in [-0.15, -0.1) is 0 Å². The van der Waals surface area contributed by atoms with Gasteiger partial charge in [0, 0.05) is 25.2 Å². The summed E-state index contributed by atoms with van der Waals surface area (Å²) in [6.45, 7) is 6.42. The van der Waals surface area contributed by atoms with Crippen molar-refractivity contribution in [3.63, 3.8) is 0 Å². The summed E-state index contributed by atoms with van der Waals surface area (Å²) in [6, 6.07) is 13.9. The number of ether oxygens (including phenoxy) is 2. The molecular weight excluding hydrogens is 423 g/mol. The molecule has 1 atom stereocenters. The maximum atomic E-state index is 13.2. The fourth-order valence-electron chi connectivity index (χ4n) is 4.01. The molecule has 1 unspecified atom stereocenters. The summed E-state index contributed by atoms with van der Waals surface area (Å²) in [5, 5.41) is 10.5. The molecule has 1 aliphatic rings. The summed E-state index contributed by atoms with van der Waals surface area (Å²) in [4.78, 5) is 14.8. The Hall–Kier alpha value is -3.55. The summed E-state index contributed by atoms with van der Waals surface area (Å²) in [7, 11) is 0. The normalized spacial score (nSPS) is 15.5. The van der Waals surface area contributed by atoms with Crippen LogP contribution < -0.4 is 19.7 Å². The highest BCUT2D eigenvalue weighted by atomic mass is 19.1. The molecule has 0 aliphatic carbocycles. The van der Waals surface area contributed by atoms with Crippen molar-refractivity contribution >= 4 is 11.7 Å². The lowest BCUT2D eigenvalue weighted by Crippen LogP contribution is -2.38. The van der Waals surface area contributed by atoms with Crippen molar-refractivity contribution < 1.29 is 18.7 Å². The van der Waals surface area contributed by atoms with Gasteiger partial charge in [-0.25, -0.2) is 4.39 Å². The van der Waals surface area contributed by atoms with Crippen LogP contribution in [0, 0.1) is 5.82 Å². The molecule has 1 aromatic heterocycles. The maximum absolute atomic E-state index is 13.2. The molecule has 0 radical (unpaired) electrons. The number of rotatable bonds is 9. The second-order valence-electron chi connectivity index (χ2n) is 7.97. The molecule has 7 nitrogen and oxygen atoms in total. The van der Waals surface area contributed by atoms with Crippen LogP contribution in [0.2, 0.25) is 0 Å². The molecule has 8 heteroatoms. The van der Waals surface area contributed by atoms with E-state index in [1.165, 1.54) is 12.1 Å². The SMILES string of the molecule is CCOc1ccc(CC(=O)NC2CCN(c3cc(-c4ccc(F)cc4)[nH]n3)C2)cc1OCC. The minimum Gasteiger partial charge on any atom is -0.490 e. The number of benzene rings is 2. The molecule has 2 N–H and O–H groups in total. The molecule has 2 heterocycles. The molecule has 0 bridgehead atoms. The van der Waals surface area contributed by atoms with Crippen molar-refractivity contribution in [2.24, 2.45) is 0 Å². The van der Waals surface area contributed by atoms with Gasteiger partial charge in [-0.2, -0.15) is 5.10 Å². The topological polar surface area (TPSA) is 79.5 Å². The van der Waals surface area contributed by atoms with Crippen LogP contribution >= 0.6 is 0 Å². The molecule has 0 spiro atoms. The number of halogens is 1. The second-order valence-corrected chi connectivity index (χ2v) is 7.97. The zero-order chi connectivity index (χ0) is 23.2. The molecule has 1 amide bonds. The first kappa shape index (κ1) is 22.6. The molecule has 1 fully saturated rings. The predicted octanol–water partition coefficient (Wildman–Crippen LogP) is 3.95. The van der Waals surface area contributed by atoms with Gasteiger partial charge in [0.05, 0.1) is 25.3 Å². The fraction of sp³-hybridized carbons (Fsp3) is 0.360. The van der Waals surface area contributed by atoms with Crippen LogP contribution in [0.4, 0.5) is 10.2 Å². The molecule has 0 saturated carbocycles. The van der Waals surface area contributed by atoms with Crippen LogP contribution in [-0.2, 0) is 11.2 Å². The van der Waals surface area contributed by atoms with Gasteiger partial charge in [0.15, 0.2) is 17.3 Å². The Morgan fingerprint density at radius 3 is 2.64 bits per heavy atom. The molecule has 1 aliphatic heterocycles. The number of hydrogen-bond donors (Lipinski definition) is 2. The number of H-pyrrole nitrogens is 1. The minimum atomic E-state index is -0.268. The molecule has 4 rings (SSSR count). The van der Waals surface area contributed by atoms with Crippen LogP contribution in [0.3, 0.4) is 0 Å². The van der Waals surface area contributed by atoms with E-state index in [2.05, 4.69) is 20.4 Å². The van der Waals surface area contributed by atoms with Gasteiger partial charge in [-0.3, -0.25) is 9.89 Å². The van der Waals surface area contributed by atoms with E-state index in [1.807, 2.05) is 38.1 Å². The van der Waals surface area contributed by atoms with Crippen molar-refractivity contribution in [2.45, 2.75) is 32.7 Å². The van der Waals surface area contributed by atoms with Crippen molar-refractivity contribution in [3.05, 3.63) is 59.9 Å². The van der Waals surface area contributed by atoms with Crippen molar-refractivity contribution in [1.82, 2.24) is 15.5 Å². The van der Waals surface area contributed by atoms with Gasteiger partial charge in [0.2, 0.25) is 5.91 Å². The number of amides is 1. The highest BCUT2D eigenvalue weighted by Gasteiger charge is 2.26. The van der Waals surface area contributed by atoms with Crippen LogP contribution in [0.25, 0.3) is 11.3 Å². The first-order chi connectivity index (χ1) is 16.1. The lowest BCUT2D eigenvalue weighted by Gasteiger charge is -2.16. The number of nitrogens with zero attached hydrogens (tertiary/aromatic N) is 2. The first-order valence-corrected chi connectivity index (χ1v) is 11.3. The van der Waals surface area contributed by atoms with Gasteiger partial charge >= 0.3 is 0 Å². The molecular formula is C25H29FN4O3. The van der Waals surface area contributed by atoms with Crippen molar-refractivity contribution in [1.29, 1.82) is 0 Å². The van der Waals surface area contributed by atoms with E-state index in [4.69, 9.17) is 9.47 Å². The summed E-state index contributed by atoms with van der Waals surface area (Å²) in [6.07, 6.45) is 1.12. The van der Waals surface area contributed by atoms with Crippen molar-refractivity contribution in [2.75, 3.05) is 31.2 Å². The number of aromatic nitrogens is 2. The summed E-state index contributed by atoms with van der Waals surface area (Å²) < 4.78 is 24.4. The van der Waals surface area contributed by atoms with Crippen molar-refractivity contribution in [3.8, 4) is 22.8 Å². The zero-order valence-corrected chi connectivity index (χ0v) is 18.9. The van der Waals surface area contributed by atoms with Gasteiger partial charge in [0.25, 0.3) is 0 Å². The standard InChI is InChI=1S/C25H29FN4O3/c1-3-32-22-10-5-17(13-23(22)33-4-2)14-25(31)27-20-11-12-30(16-20)24-15-21(28-29-24)18-6-8-19(26)9-7-18/h5-10,13,15,20H,3-4,11-12,14,16H2,1-2H3,(H,27,31)(H,28,29). The third kappa shape index (κ3) is 5.63. The second kappa shape index (κ2) is 10.4. The Morgan fingerprint density at radius 1 is 1.12 bits per heavy atom. The maximum Gasteiger partial charge on any atom is 0.224 e. The average molecular weight is 453 g/mol. The molecule has 174 valence electrons. The van der Waals surface area contributed by atoms with Gasteiger partial charge in [-0.05, 0) is 67.8 Å². The van der Waals surface area contributed by atoms with E-state index in [0.29, 0.717) is 31.3 Å². The van der Waals surface area contributed by atoms with Gasteiger partial charge < -0.3 is 19.7 Å². The van der Waals surface area contributed by atoms with Crippen LogP contribution in [0.5, 0.6) is 11.5 Å². The molecule has 3 aromatic rings. The Labute approximate surface area is 192 Å². The summed E-state index contributed by atoms with van der Waals surface area (Å²) in [5.41, 5.74) is 2.59. The van der Waals surface area contributed by atoms with Crippen LogP contribution in [0.15, 0.2) is 48.5 Å². The number of hydrogen-bond acceptors (Lipinski definition) is 5. The first-order valence-electron chi connectivity index (χ1n) is 11.3. The average Bonchev–Trinajstić information content (AvgIpc) is 3.46. The number of nitrogens with one attached hydrogen (secondary N) is 2. The highest BCUT2D eigenvalue weighted by Crippen LogP contribution is 2.29. The van der Waals surface area contributed by atoms with Gasteiger partial charge in [-0.1, -0.05) is 6.07 Å². The number of anilines is 1. The van der Waals surface area contributed by atoms with Crippen LogP contribution in [-0.4, -0.2) is 48.4 Å². The quantitative estimate of drug-likeness (QED) is 0.514. The predicted molar refractivity (Wildman–Crippen MR) is 125 cm³/mol. The van der Waals surface area contributed by atoms with E-state index in [-0.39, 0.29) is 24.2 Å². The van der Waals surface area contributed by atoms with Crippen LogP contribution in [0.1, 0.15) is 25.8 Å². The van der Waals surface area contributed by atoms with E-state index < -0.39 is 0 Å². The van der Waals surface area contributed by atoms with E-state index in [9.17, 15) is 9.18 Å². The Morgan fingerprint density at radius 2 is 1.88 bits per heavy atom. The zero-order valence-electron chi connectivity index (χ0n) is 18.9. The molecule has 1 saturated heterocycles. The Kier molecular flexibility index (Phi) is 7.12. The Bertz CT molecular complexity index is 1080. The Balaban J connectivity index is 1.32. The lowest BCUT2D eigenvalue weighted by atomic mass is 10.1. The monoisotopic (exact) mass is 452 g/mol. The molecule has 2 aromatic carbocycles. The number of carbonyl (C=O) groups is 1. The number of carbonyl (C=O) groups excluding carboxylic acids is 1.